The molecule has 0 N–H and O–H groups in total. The molecule has 11 aromatic carbocycles. The molecule has 0 aliphatic heterocycles. The number of rotatable bonds is 6. The van der Waals surface area contributed by atoms with Gasteiger partial charge in [0.1, 0.15) is 22.3 Å². The van der Waals surface area contributed by atoms with Gasteiger partial charge in [0, 0.05) is 47.3 Å². The predicted molar refractivity (Wildman–Crippen MR) is 292 cm³/mol. The Labute approximate surface area is 395 Å². The van der Waals surface area contributed by atoms with Crippen molar-refractivity contribution in [2.24, 2.45) is 0 Å². The van der Waals surface area contributed by atoms with E-state index in [1.807, 2.05) is 35.6 Å². The molecule has 0 saturated carbocycles. The smallest absolute Gasteiger partial charge is 0.135 e. The largest absolute Gasteiger partial charge is 0.456 e. The van der Waals surface area contributed by atoms with Crippen LogP contribution in [0, 0.1) is 6.92 Å². The first kappa shape index (κ1) is 38.7. The summed E-state index contributed by atoms with van der Waals surface area (Å²) in [6.07, 6.45) is 6.18. The minimum absolute atomic E-state index is 0.893. The second-order valence-electron chi connectivity index (χ2n) is 17.9. The standard InChI is InChI=1S/C65H40O2S/c1-3-4-17-41-38(2)60(44-20-5-6-21-45(44)61(41)39-32-34-57-53(36-39)42-18-11-13-29-55(42)66-57)51-27-15-28-52-64-50(26-16-31-59(64)68-65(51)52)63-48-24-9-7-22-46(48)62(47-23-8-10-25-49(47)63)40-33-35-58-54(37-40)43-19-12-14-30-56(43)67-58/h3-37H,1H2,2H3/b17-4-. The van der Waals surface area contributed by atoms with Gasteiger partial charge < -0.3 is 8.83 Å². The predicted octanol–water partition coefficient (Wildman–Crippen LogP) is 19.5. The minimum Gasteiger partial charge on any atom is -0.456 e. The van der Waals surface area contributed by atoms with E-state index >= 15 is 0 Å². The molecule has 0 bridgehead atoms. The van der Waals surface area contributed by atoms with Gasteiger partial charge in [0.05, 0.1) is 0 Å². The van der Waals surface area contributed by atoms with E-state index in [2.05, 4.69) is 202 Å². The Morgan fingerprint density at radius 2 is 0.853 bits per heavy atom. The molecule has 318 valence electrons. The second-order valence-corrected chi connectivity index (χ2v) is 18.9. The maximum atomic E-state index is 6.29. The summed E-state index contributed by atoms with van der Waals surface area (Å²) in [5, 5.41) is 14.4. The molecule has 14 aromatic rings. The van der Waals surface area contributed by atoms with Gasteiger partial charge in [0.15, 0.2) is 0 Å². The van der Waals surface area contributed by atoms with E-state index in [-0.39, 0.29) is 0 Å². The first-order valence-corrected chi connectivity index (χ1v) is 24.0. The summed E-state index contributed by atoms with van der Waals surface area (Å²) in [4.78, 5) is 0. The lowest BCUT2D eigenvalue weighted by molar-refractivity contribution is 0.668. The van der Waals surface area contributed by atoms with Gasteiger partial charge in [0.25, 0.3) is 0 Å². The van der Waals surface area contributed by atoms with Crippen LogP contribution in [0.15, 0.2) is 222 Å². The Morgan fingerprint density at radius 3 is 1.44 bits per heavy atom. The van der Waals surface area contributed by atoms with Crippen LogP contribution in [0.5, 0.6) is 0 Å². The maximum absolute atomic E-state index is 6.29. The summed E-state index contributed by atoms with van der Waals surface area (Å²) in [5.74, 6) is 0. The number of furan rings is 2. The molecular weight excluding hydrogens is 845 g/mol. The van der Waals surface area contributed by atoms with Crippen molar-refractivity contribution in [3.05, 3.63) is 224 Å². The zero-order valence-corrected chi connectivity index (χ0v) is 38.0. The molecule has 0 spiro atoms. The van der Waals surface area contributed by atoms with Crippen molar-refractivity contribution in [2.45, 2.75) is 6.92 Å². The number of para-hydroxylation sites is 2. The molecule has 0 aliphatic carbocycles. The highest BCUT2D eigenvalue weighted by atomic mass is 32.1. The molecule has 0 radical (unpaired) electrons. The number of hydrogen-bond donors (Lipinski definition) is 0. The first-order chi connectivity index (χ1) is 33.6. The summed E-state index contributed by atoms with van der Waals surface area (Å²) in [7, 11) is 0. The van der Waals surface area contributed by atoms with Crippen molar-refractivity contribution < 1.29 is 8.83 Å². The third-order valence-electron chi connectivity index (χ3n) is 14.2. The Hall–Kier alpha value is -8.50. The van der Waals surface area contributed by atoms with E-state index in [1.165, 1.54) is 103 Å². The van der Waals surface area contributed by atoms with Crippen LogP contribution in [0.1, 0.15) is 11.1 Å². The fourth-order valence-corrected chi connectivity index (χ4v) is 12.6. The number of benzene rings is 11. The van der Waals surface area contributed by atoms with Crippen LogP contribution < -0.4 is 0 Å². The highest BCUT2D eigenvalue weighted by molar-refractivity contribution is 7.26. The molecule has 68 heavy (non-hydrogen) atoms. The summed E-state index contributed by atoms with van der Waals surface area (Å²) in [5.41, 5.74) is 15.8. The van der Waals surface area contributed by atoms with E-state index < -0.39 is 0 Å². The lowest BCUT2D eigenvalue weighted by atomic mass is 9.83. The van der Waals surface area contributed by atoms with Gasteiger partial charge in [-0.2, -0.15) is 0 Å². The van der Waals surface area contributed by atoms with Crippen molar-refractivity contribution in [3.8, 4) is 44.5 Å². The third kappa shape index (κ3) is 5.63. The Balaban J connectivity index is 1.01. The molecule has 0 fully saturated rings. The van der Waals surface area contributed by atoms with Gasteiger partial charge >= 0.3 is 0 Å². The van der Waals surface area contributed by atoms with Crippen LogP contribution in [-0.2, 0) is 0 Å². The molecule has 0 amide bonds. The molecule has 3 heteroatoms. The minimum atomic E-state index is 0.893. The average Bonchev–Trinajstić information content (AvgIpc) is 4.08. The van der Waals surface area contributed by atoms with Crippen molar-refractivity contribution in [2.75, 3.05) is 0 Å². The fourth-order valence-electron chi connectivity index (χ4n) is 11.4. The van der Waals surface area contributed by atoms with Crippen LogP contribution in [0.3, 0.4) is 0 Å². The Kier molecular flexibility index (Phi) is 8.55. The van der Waals surface area contributed by atoms with Crippen molar-refractivity contribution >= 4 is 114 Å². The van der Waals surface area contributed by atoms with Crippen molar-refractivity contribution in [1.82, 2.24) is 0 Å². The van der Waals surface area contributed by atoms with Crippen LogP contribution in [0.25, 0.3) is 147 Å². The number of allylic oxidation sites excluding steroid dienone is 2. The first-order valence-electron chi connectivity index (χ1n) is 23.2. The van der Waals surface area contributed by atoms with Gasteiger partial charge in [-0.05, 0) is 132 Å². The van der Waals surface area contributed by atoms with Gasteiger partial charge in [0.2, 0.25) is 0 Å². The number of hydrogen-bond acceptors (Lipinski definition) is 3. The Morgan fingerprint density at radius 1 is 0.397 bits per heavy atom. The molecule has 3 aromatic heterocycles. The number of thiophene rings is 1. The van der Waals surface area contributed by atoms with E-state index in [4.69, 9.17) is 8.83 Å². The fraction of sp³-hybridized carbons (Fsp3) is 0.0154. The normalized spacial score (nSPS) is 12.2. The van der Waals surface area contributed by atoms with Crippen molar-refractivity contribution in [3.63, 3.8) is 0 Å². The SMILES string of the molecule is C=C/C=C\c1c(C)c(-c2cccc3c2sc2cccc(-c4c5ccccc5c(-c5ccc6oc7ccccc7c6c5)c5ccccc45)c23)c2ccccc2c1-c1ccc2oc3ccccc3c2c1. The third-order valence-corrected chi connectivity index (χ3v) is 15.4. The van der Waals surface area contributed by atoms with Gasteiger partial charge in [-0.3, -0.25) is 0 Å². The molecule has 0 atom stereocenters. The summed E-state index contributed by atoms with van der Waals surface area (Å²) in [6.45, 7) is 6.39. The molecular formula is C65H40O2S. The van der Waals surface area contributed by atoms with Crippen LogP contribution >= 0.6 is 11.3 Å². The molecule has 3 heterocycles. The molecule has 14 rings (SSSR count). The second kappa shape index (κ2) is 15.0. The lowest BCUT2D eigenvalue weighted by Gasteiger charge is -2.20. The van der Waals surface area contributed by atoms with Gasteiger partial charge in [-0.15, -0.1) is 11.3 Å². The van der Waals surface area contributed by atoms with E-state index in [0.717, 1.165) is 49.4 Å². The maximum Gasteiger partial charge on any atom is 0.135 e. The topological polar surface area (TPSA) is 26.3 Å². The van der Waals surface area contributed by atoms with Gasteiger partial charge in [-0.25, -0.2) is 0 Å². The number of fused-ring (bicyclic) bond motifs is 12. The lowest BCUT2D eigenvalue weighted by Crippen LogP contribution is -1.96. The monoisotopic (exact) mass is 884 g/mol. The van der Waals surface area contributed by atoms with Gasteiger partial charge in [-0.1, -0.05) is 176 Å². The highest BCUT2D eigenvalue weighted by Gasteiger charge is 2.24. The van der Waals surface area contributed by atoms with E-state index in [1.54, 1.807) is 0 Å². The summed E-state index contributed by atoms with van der Waals surface area (Å²) in [6, 6.07) is 70.7. The van der Waals surface area contributed by atoms with E-state index in [0.29, 0.717) is 0 Å². The van der Waals surface area contributed by atoms with Crippen LogP contribution in [0.4, 0.5) is 0 Å². The molecule has 0 saturated heterocycles. The van der Waals surface area contributed by atoms with Crippen LogP contribution in [-0.4, -0.2) is 0 Å². The quantitative estimate of drug-likeness (QED) is 0.123. The average molecular weight is 885 g/mol. The highest BCUT2D eigenvalue weighted by Crippen LogP contribution is 2.52. The zero-order chi connectivity index (χ0) is 45.0. The van der Waals surface area contributed by atoms with Crippen LogP contribution in [0.2, 0.25) is 0 Å². The summed E-state index contributed by atoms with van der Waals surface area (Å²) < 4.78 is 15.1. The molecule has 0 unspecified atom stereocenters. The molecule has 0 aliphatic rings. The Bertz CT molecular complexity index is 4420. The molecule has 2 nitrogen and oxygen atoms in total. The van der Waals surface area contributed by atoms with Crippen molar-refractivity contribution in [1.29, 1.82) is 0 Å². The van der Waals surface area contributed by atoms with E-state index in [9.17, 15) is 0 Å². The zero-order valence-electron chi connectivity index (χ0n) is 37.1. The summed E-state index contributed by atoms with van der Waals surface area (Å²) >= 11 is 1.90.